The molecule has 0 radical (unpaired) electrons. The normalized spacial score (nSPS) is 16.4. The van der Waals surface area contributed by atoms with Crippen LogP contribution in [0.1, 0.15) is 34.6 Å². The van der Waals surface area contributed by atoms with Crippen molar-refractivity contribution >= 4 is 0 Å². The molecule has 0 aromatic rings. The molecule has 4 heteroatoms. The minimum atomic E-state index is -0.534. The molecule has 0 bridgehead atoms. The van der Waals surface area contributed by atoms with E-state index in [1.807, 2.05) is 6.92 Å². The molecular formula is C14H31N3O. The predicted octanol–water partition coefficient (Wildman–Crippen LogP) is 1.46. The Bertz CT molecular complexity index is 260. The predicted molar refractivity (Wildman–Crippen MR) is 78.2 cm³/mol. The molecule has 0 amide bonds. The van der Waals surface area contributed by atoms with E-state index in [-0.39, 0.29) is 10.8 Å². The number of hydrogen-bond acceptors (Lipinski definition) is 4. The minimum Gasteiger partial charge on any atom is -0.380 e. The third-order valence-corrected chi connectivity index (χ3v) is 2.91. The van der Waals surface area contributed by atoms with Crippen molar-refractivity contribution in [1.82, 2.24) is 5.32 Å². The molecule has 5 N–H and O–H groups in total. The molecule has 4 nitrogen and oxygen atoms in total. The molecule has 18 heavy (non-hydrogen) atoms. The van der Waals surface area contributed by atoms with E-state index < -0.39 is 5.66 Å². The summed E-state index contributed by atoms with van der Waals surface area (Å²) < 4.78 is 5.77. The molecule has 0 aliphatic rings. The number of nitrogens with two attached hydrogens (primary N) is 2. The largest absolute Gasteiger partial charge is 0.380 e. The van der Waals surface area contributed by atoms with Gasteiger partial charge < -0.3 is 16.2 Å². The number of ether oxygens (including phenoxy) is 1. The van der Waals surface area contributed by atoms with Gasteiger partial charge in [0.05, 0.1) is 18.9 Å². The van der Waals surface area contributed by atoms with Gasteiger partial charge in [-0.25, -0.2) is 0 Å². The molecule has 0 aromatic heterocycles. The maximum atomic E-state index is 5.96. The molecule has 0 aliphatic carbocycles. The van der Waals surface area contributed by atoms with E-state index in [0.29, 0.717) is 19.8 Å². The first kappa shape index (κ1) is 17.6. The molecular weight excluding hydrogens is 226 g/mol. The van der Waals surface area contributed by atoms with Crippen molar-refractivity contribution in [3.8, 4) is 0 Å². The van der Waals surface area contributed by atoms with Gasteiger partial charge in [0.15, 0.2) is 0 Å². The van der Waals surface area contributed by atoms with Gasteiger partial charge in [0, 0.05) is 17.4 Å². The molecule has 0 aromatic carbocycles. The van der Waals surface area contributed by atoms with Crippen molar-refractivity contribution in [3.05, 3.63) is 12.7 Å². The van der Waals surface area contributed by atoms with Crippen LogP contribution in [0.3, 0.4) is 0 Å². The minimum absolute atomic E-state index is 0.0221. The van der Waals surface area contributed by atoms with Crippen LogP contribution in [-0.2, 0) is 4.74 Å². The molecule has 1 atom stereocenters. The molecule has 108 valence electrons. The van der Waals surface area contributed by atoms with Crippen LogP contribution < -0.4 is 16.8 Å². The second-order valence-electron chi connectivity index (χ2n) is 6.87. The summed E-state index contributed by atoms with van der Waals surface area (Å²) in [7, 11) is 0. The molecule has 0 saturated carbocycles. The molecule has 0 saturated heterocycles. The van der Waals surface area contributed by atoms with E-state index >= 15 is 0 Å². The standard InChI is InChI=1S/C14H31N3O/c1-7-14(6,16)17-9-13(4,5)11-18-10-12(2,3)8-15/h7,17H,1,8-11,15-16H2,2-6H3. The molecule has 0 rings (SSSR count). The second kappa shape index (κ2) is 6.66. The molecule has 0 spiro atoms. The van der Waals surface area contributed by atoms with Crippen LogP contribution in [0.4, 0.5) is 0 Å². The van der Waals surface area contributed by atoms with Crippen LogP contribution in [-0.4, -0.2) is 32.0 Å². The summed E-state index contributed by atoms with van der Waals surface area (Å²) in [6.07, 6.45) is 1.71. The van der Waals surface area contributed by atoms with Crippen LogP contribution >= 0.6 is 0 Å². The first-order valence-electron chi connectivity index (χ1n) is 6.49. The lowest BCUT2D eigenvalue weighted by Crippen LogP contribution is -2.52. The SMILES string of the molecule is C=CC(C)(N)NCC(C)(C)COCC(C)(C)CN. The topological polar surface area (TPSA) is 73.3 Å². The first-order valence-corrected chi connectivity index (χ1v) is 6.49. The fourth-order valence-corrected chi connectivity index (χ4v) is 1.22. The van der Waals surface area contributed by atoms with Crippen molar-refractivity contribution in [2.24, 2.45) is 22.3 Å². The summed E-state index contributed by atoms with van der Waals surface area (Å²) in [5, 5.41) is 3.27. The maximum Gasteiger partial charge on any atom is 0.0822 e. The van der Waals surface area contributed by atoms with E-state index in [2.05, 4.69) is 39.6 Å². The number of rotatable bonds is 9. The van der Waals surface area contributed by atoms with E-state index in [9.17, 15) is 0 Å². The zero-order valence-corrected chi connectivity index (χ0v) is 12.7. The van der Waals surface area contributed by atoms with E-state index in [4.69, 9.17) is 16.2 Å². The van der Waals surface area contributed by atoms with Gasteiger partial charge in [-0.2, -0.15) is 0 Å². The lowest BCUT2D eigenvalue weighted by atomic mass is 9.92. The van der Waals surface area contributed by atoms with E-state index in [1.165, 1.54) is 0 Å². The van der Waals surface area contributed by atoms with Crippen LogP contribution in [0.15, 0.2) is 12.7 Å². The van der Waals surface area contributed by atoms with Gasteiger partial charge in [0.1, 0.15) is 0 Å². The fraction of sp³-hybridized carbons (Fsp3) is 0.857. The number of hydrogen-bond donors (Lipinski definition) is 3. The fourth-order valence-electron chi connectivity index (χ4n) is 1.22. The van der Waals surface area contributed by atoms with Crippen molar-refractivity contribution in [2.45, 2.75) is 40.3 Å². The lowest BCUT2D eigenvalue weighted by molar-refractivity contribution is 0.0167. The Morgan fingerprint density at radius 1 is 1.11 bits per heavy atom. The smallest absolute Gasteiger partial charge is 0.0822 e. The number of nitrogens with one attached hydrogen (secondary N) is 1. The monoisotopic (exact) mass is 257 g/mol. The summed E-state index contributed by atoms with van der Waals surface area (Å²) in [6, 6.07) is 0. The lowest BCUT2D eigenvalue weighted by Gasteiger charge is -2.32. The Morgan fingerprint density at radius 2 is 1.61 bits per heavy atom. The van der Waals surface area contributed by atoms with Gasteiger partial charge in [-0.3, -0.25) is 5.32 Å². The van der Waals surface area contributed by atoms with Crippen molar-refractivity contribution in [3.63, 3.8) is 0 Å². The summed E-state index contributed by atoms with van der Waals surface area (Å²) in [5.41, 5.74) is 11.1. The highest BCUT2D eigenvalue weighted by Crippen LogP contribution is 2.18. The highest BCUT2D eigenvalue weighted by Gasteiger charge is 2.24. The highest BCUT2D eigenvalue weighted by molar-refractivity contribution is 4.95. The maximum absolute atomic E-state index is 5.96. The van der Waals surface area contributed by atoms with Gasteiger partial charge in [-0.05, 0) is 13.5 Å². The summed E-state index contributed by atoms with van der Waals surface area (Å²) in [6.45, 7) is 16.9. The molecule has 0 fully saturated rings. The van der Waals surface area contributed by atoms with Crippen LogP contribution in [0.25, 0.3) is 0 Å². The van der Waals surface area contributed by atoms with Crippen molar-refractivity contribution in [1.29, 1.82) is 0 Å². The Morgan fingerprint density at radius 3 is 2.06 bits per heavy atom. The van der Waals surface area contributed by atoms with Crippen molar-refractivity contribution in [2.75, 3.05) is 26.3 Å². The quantitative estimate of drug-likeness (QED) is 0.432. The van der Waals surface area contributed by atoms with Crippen molar-refractivity contribution < 1.29 is 4.74 Å². The third-order valence-electron chi connectivity index (χ3n) is 2.91. The van der Waals surface area contributed by atoms with Gasteiger partial charge in [-0.15, -0.1) is 0 Å². The average molecular weight is 257 g/mol. The highest BCUT2D eigenvalue weighted by atomic mass is 16.5. The summed E-state index contributed by atoms with van der Waals surface area (Å²) in [4.78, 5) is 0. The van der Waals surface area contributed by atoms with E-state index in [1.54, 1.807) is 6.08 Å². The molecule has 0 aliphatic heterocycles. The Balaban J connectivity index is 4.05. The van der Waals surface area contributed by atoms with Gasteiger partial charge in [0.2, 0.25) is 0 Å². The zero-order valence-electron chi connectivity index (χ0n) is 12.7. The van der Waals surface area contributed by atoms with Gasteiger partial charge >= 0.3 is 0 Å². The summed E-state index contributed by atoms with van der Waals surface area (Å²) in [5.74, 6) is 0. The Kier molecular flexibility index (Phi) is 6.51. The second-order valence-corrected chi connectivity index (χ2v) is 6.87. The van der Waals surface area contributed by atoms with Crippen LogP contribution in [0.2, 0.25) is 0 Å². The third kappa shape index (κ3) is 7.82. The van der Waals surface area contributed by atoms with Crippen LogP contribution in [0, 0.1) is 10.8 Å². The Labute approximate surface area is 112 Å². The van der Waals surface area contributed by atoms with Gasteiger partial charge in [0.25, 0.3) is 0 Å². The Hall–Kier alpha value is -0.420. The average Bonchev–Trinajstić information content (AvgIpc) is 2.26. The van der Waals surface area contributed by atoms with Crippen LogP contribution in [0.5, 0.6) is 0 Å². The molecule has 0 heterocycles. The zero-order chi connectivity index (χ0) is 14.4. The van der Waals surface area contributed by atoms with E-state index in [0.717, 1.165) is 6.54 Å². The summed E-state index contributed by atoms with van der Waals surface area (Å²) >= 11 is 0. The first-order chi connectivity index (χ1) is 8.04. The van der Waals surface area contributed by atoms with Gasteiger partial charge in [-0.1, -0.05) is 40.3 Å². The molecule has 1 unspecified atom stereocenters.